The molecule has 2 fully saturated rings. The van der Waals surface area contributed by atoms with Crippen molar-refractivity contribution >= 4 is 32.5 Å². The van der Waals surface area contributed by atoms with Gasteiger partial charge >= 0.3 is 0 Å². The Bertz CT molecular complexity index is 1340. The van der Waals surface area contributed by atoms with Gasteiger partial charge in [-0.25, -0.2) is 8.42 Å². The van der Waals surface area contributed by atoms with Crippen molar-refractivity contribution in [3.63, 3.8) is 0 Å². The molecule has 1 amide bonds. The van der Waals surface area contributed by atoms with Gasteiger partial charge in [0.15, 0.2) is 0 Å². The molecule has 186 valence electrons. The number of aromatic nitrogens is 1. The van der Waals surface area contributed by atoms with Crippen molar-refractivity contribution in [2.45, 2.75) is 43.9 Å². The minimum atomic E-state index is -3.83. The monoisotopic (exact) mass is 494 g/mol. The number of piperidine rings is 1. The molecule has 2 aliphatic rings. The van der Waals surface area contributed by atoms with E-state index in [4.69, 9.17) is 0 Å². The van der Waals surface area contributed by atoms with Gasteiger partial charge in [0.2, 0.25) is 15.9 Å². The molecule has 1 N–H and O–H groups in total. The van der Waals surface area contributed by atoms with Crippen LogP contribution in [0.3, 0.4) is 0 Å². The highest BCUT2D eigenvalue weighted by molar-refractivity contribution is 7.89. The smallest absolute Gasteiger partial charge is 0.243 e. The third-order valence-electron chi connectivity index (χ3n) is 7.26. The van der Waals surface area contributed by atoms with E-state index in [1.807, 2.05) is 6.07 Å². The largest absolute Gasteiger partial charge is 0.371 e. The molecule has 2 aromatic carbocycles. The number of nitrogens with one attached hydrogen (secondary N) is 1. The van der Waals surface area contributed by atoms with Crippen LogP contribution >= 0.6 is 0 Å². The van der Waals surface area contributed by atoms with Crippen molar-refractivity contribution in [1.29, 1.82) is 0 Å². The van der Waals surface area contributed by atoms with Crippen LogP contribution in [-0.2, 0) is 14.8 Å². The van der Waals surface area contributed by atoms with E-state index in [-0.39, 0.29) is 17.3 Å². The summed E-state index contributed by atoms with van der Waals surface area (Å²) in [5, 5.41) is 1.09. The second-order valence-electron chi connectivity index (χ2n) is 9.85. The minimum Gasteiger partial charge on any atom is -0.371 e. The molecule has 0 unspecified atom stereocenters. The molecule has 2 saturated heterocycles. The van der Waals surface area contributed by atoms with Gasteiger partial charge in [0.05, 0.1) is 11.4 Å². The molecule has 5 rings (SSSR count). The van der Waals surface area contributed by atoms with Crippen LogP contribution in [0.2, 0.25) is 0 Å². The molecule has 0 spiro atoms. The van der Waals surface area contributed by atoms with Crippen LogP contribution in [0.4, 0.5) is 5.69 Å². The normalized spacial score (nSPS) is 17.0. The number of sulfonamides is 1. The first kappa shape index (κ1) is 23.9. The first-order chi connectivity index (χ1) is 16.8. The summed E-state index contributed by atoms with van der Waals surface area (Å²) in [6.07, 6.45) is 5.35. The molecule has 1 aromatic heterocycles. The van der Waals surface area contributed by atoms with E-state index < -0.39 is 10.0 Å². The molecule has 0 atom stereocenters. The maximum Gasteiger partial charge on any atom is 0.243 e. The van der Waals surface area contributed by atoms with Crippen LogP contribution in [-0.4, -0.2) is 68.3 Å². The number of hydrogen-bond donors (Lipinski definition) is 1. The third-order valence-corrected chi connectivity index (χ3v) is 9.06. The number of amides is 1. The second-order valence-corrected chi connectivity index (χ2v) is 11.9. The predicted molar refractivity (Wildman–Crippen MR) is 140 cm³/mol. The van der Waals surface area contributed by atoms with E-state index in [0.29, 0.717) is 13.1 Å². The molecule has 3 heterocycles. The average Bonchev–Trinajstić information content (AvgIpc) is 3.54. The maximum atomic E-state index is 13.5. The summed E-state index contributed by atoms with van der Waals surface area (Å²) in [5.74, 6) is -0.129. The van der Waals surface area contributed by atoms with Crippen LogP contribution < -0.4 is 4.90 Å². The van der Waals surface area contributed by atoms with Gasteiger partial charge in [-0.2, -0.15) is 4.31 Å². The number of likely N-dealkylation sites (tertiary alicyclic amines) is 1. The van der Waals surface area contributed by atoms with Gasteiger partial charge in [0.1, 0.15) is 0 Å². The lowest BCUT2D eigenvalue weighted by molar-refractivity contribution is -0.132. The maximum absolute atomic E-state index is 13.5. The topological polar surface area (TPSA) is 76.7 Å². The van der Waals surface area contributed by atoms with Gasteiger partial charge in [0, 0.05) is 61.1 Å². The second kappa shape index (κ2) is 9.66. The van der Waals surface area contributed by atoms with Crippen LogP contribution in [0, 0.1) is 6.92 Å². The summed E-state index contributed by atoms with van der Waals surface area (Å²) in [6.45, 7) is 5.26. The molecular formula is C27H34N4O3S. The predicted octanol–water partition coefficient (Wildman–Crippen LogP) is 4.38. The number of H-pyrrole nitrogens is 1. The van der Waals surface area contributed by atoms with Crippen molar-refractivity contribution in [1.82, 2.24) is 14.2 Å². The summed E-state index contributed by atoms with van der Waals surface area (Å²) in [5.41, 5.74) is 5.01. The van der Waals surface area contributed by atoms with E-state index in [0.717, 1.165) is 73.0 Å². The number of anilines is 1. The molecule has 0 saturated carbocycles. The Morgan fingerprint density at radius 1 is 0.943 bits per heavy atom. The first-order valence-corrected chi connectivity index (χ1v) is 14.0. The van der Waals surface area contributed by atoms with E-state index in [1.165, 1.54) is 16.9 Å². The van der Waals surface area contributed by atoms with E-state index >= 15 is 0 Å². The zero-order valence-electron chi connectivity index (χ0n) is 20.6. The van der Waals surface area contributed by atoms with Crippen LogP contribution in [0.1, 0.15) is 37.7 Å². The quantitative estimate of drug-likeness (QED) is 0.552. The zero-order chi connectivity index (χ0) is 24.6. The summed E-state index contributed by atoms with van der Waals surface area (Å²) >= 11 is 0. The highest BCUT2D eigenvalue weighted by atomic mass is 32.2. The van der Waals surface area contributed by atoms with Crippen molar-refractivity contribution in [3.05, 3.63) is 48.0 Å². The van der Waals surface area contributed by atoms with Gasteiger partial charge in [-0.1, -0.05) is 12.1 Å². The number of carbonyl (C=O) groups is 1. The number of benzene rings is 2. The molecule has 35 heavy (non-hydrogen) atoms. The molecule has 7 nitrogen and oxygen atoms in total. The Morgan fingerprint density at radius 2 is 1.66 bits per heavy atom. The third kappa shape index (κ3) is 4.82. The lowest BCUT2D eigenvalue weighted by atomic mass is 10.1. The van der Waals surface area contributed by atoms with Crippen LogP contribution in [0.25, 0.3) is 22.2 Å². The van der Waals surface area contributed by atoms with Crippen molar-refractivity contribution in [2.24, 2.45) is 0 Å². The molecule has 0 bridgehead atoms. The number of fused-ring (bicyclic) bond motifs is 1. The number of hydrogen-bond acceptors (Lipinski definition) is 4. The Kier molecular flexibility index (Phi) is 6.59. The fourth-order valence-corrected chi connectivity index (χ4v) is 6.36. The van der Waals surface area contributed by atoms with E-state index in [2.05, 4.69) is 41.1 Å². The van der Waals surface area contributed by atoms with Crippen LogP contribution in [0.15, 0.2) is 47.4 Å². The summed E-state index contributed by atoms with van der Waals surface area (Å²) < 4.78 is 28.2. The van der Waals surface area contributed by atoms with Gasteiger partial charge in [-0.3, -0.25) is 4.79 Å². The van der Waals surface area contributed by atoms with E-state index in [1.54, 1.807) is 17.0 Å². The van der Waals surface area contributed by atoms with E-state index in [9.17, 15) is 13.2 Å². The number of nitrogens with zero attached hydrogens (tertiary/aromatic N) is 3. The number of rotatable bonds is 6. The molecule has 0 aliphatic carbocycles. The summed E-state index contributed by atoms with van der Waals surface area (Å²) in [7, 11) is -2.33. The van der Waals surface area contributed by atoms with Gasteiger partial charge in [0.25, 0.3) is 0 Å². The number of aryl methyl sites for hydroxylation is 1. The van der Waals surface area contributed by atoms with Gasteiger partial charge in [-0.05, 0) is 74.9 Å². The Labute approximate surface area is 207 Å². The Morgan fingerprint density at radius 3 is 2.40 bits per heavy atom. The fraction of sp³-hybridized carbons (Fsp3) is 0.444. The standard InChI is InChI=1S/C27H34N4O3S/c1-20-8-9-21-17-25(28-24(21)16-20)23-18-22(10-11-26(23)30-12-6-7-13-30)35(33,34)29(2)19-27(32)31-14-4-3-5-15-31/h8-11,16-18,28H,3-7,12-15,19H2,1-2H3. The van der Waals surface area contributed by atoms with Crippen molar-refractivity contribution in [2.75, 3.05) is 44.7 Å². The molecular weight excluding hydrogens is 460 g/mol. The summed E-state index contributed by atoms with van der Waals surface area (Å²) in [6, 6.07) is 13.7. The lowest BCUT2D eigenvalue weighted by Gasteiger charge is -2.28. The highest BCUT2D eigenvalue weighted by Gasteiger charge is 2.28. The van der Waals surface area contributed by atoms with Crippen molar-refractivity contribution in [3.8, 4) is 11.3 Å². The minimum absolute atomic E-state index is 0.129. The number of likely N-dealkylation sites (N-methyl/N-ethyl adjacent to an activating group) is 1. The first-order valence-electron chi connectivity index (χ1n) is 12.6. The fourth-order valence-electron chi connectivity index (χ4n) is 5.21. The van der Waals surface area contributed by atoms with Gasteiger partial charge < -0.3 is 14.8 Å². The summed E-state index contributed by atoms with van der Waals surface area (Å²) in [4.78, 5) is 20.6. The zero-order valence-corrected chi connectivity index (χ0v) is 21.4. The number of aromatic amines is 1. The van der Waals surface area contributed by atoms with Gasteiger partial charge in [-0.15, -0.1) is 0 Å². The molecule has 3 aromatic rings. The molecule has 0 radical (unpaired) electrons. The average molecular weight is 495 g/mol. The Balaban J connectivity index is 1.49. The lowest BCUT2D eigenvalue weighted by Crippen LogP contribution is -2.43. The van der Waals surface area contributed by atoms with Crippen molar-refractivity contribution < 1.29 is 13.2 Å². The highest BCUT2D eigenvalue weighted by Crippen LogP contribution is 2.36. The molecule has 8 heteroatoms. The Hall–Kier alpha value is -2.84. The number of carbonyl (C=O) groups excluding carboxylic acids is 1. The molecule has 2 aliphatic heterocycles. The van der Waals surface area contributed by atoms with Crippen LogP contribution in [0.5, 0.6) is 0 Å². The SMILES string of the molecule is Cc1ccc2cc(-c3cc(S(=O)(=O)N(C)CC(=O)N4CCCCC4)ccc3N3CCCC3)[nH]c2c1.